The molecule has 0 bridgehead atoms. The first kappa shape index (κ1) is 23.5. The maximum atomic E-state index is 13.1. The van der Waals surface area contributed by atoms with E-state index < -0.39 is 0 Å². The van der Waals surface area contributed by atoms with Crippen molar-refractivity contribution in [3.63, 3.8) is 0 Å². The number of para-hydroxylation sites is 1. The molecule has 0 saturated heterocycles. The van der Waals surface area contributed by atoms with Gasteiger partial charge in [0.2, 0.25) is 6.79 Å². The first-order valence-corrected chi connectivity index (χ1v) is 11.7. The second-order valence-corrected chi connectivity index (χ2v) is 8.64. The highest BCUT2D eigenvalue weighted by atomic mass is 32.1. The summed E-state index contributed by atoms with van der Waals surface area (Å²) < 4.78 is 21.8. The minimum absolute atomic E-state index is 0.201. The van der Waals surface area contributed by atoms with Gasteiger partial charge in [0.15, 0.2) is 28.1 Å². The lowest BCUT2D eigenvalue weighted by Gasteiger charge is -2.26. The Morgan fingerprint density at radius 2 is 1.72 bits per heavy atom. The van der Waals surface area contributed by atoms with Gasteiger partial charge in [0.1, 0.15) is 0 Å². The Morgan fingerprint density at radius 3 is 2.50 bits per heavy atom. The number of anilines is 1. The van der Waals surface area contributed by atoms with E-state index in [2.05, 4.69) is 10.3 Å². The van der Waals surface area contributed by atoms with Gasteiger partial charge in [-0.05, 0) is 54.2 Å². The van der Waals surface area contributed by atoms with Gasteiger partial charge in [0, 0.05) is 29.2 Å². The lowest BCUT2D eigenvalue weighted by Crippen LogP contribution is -2.35. The normalized spacial score (nSPS) is 11.8. The molecular weight excluding hydrogens is 478 g/mol. The zero-order chi connectivity index (χ0) is 25.1. The number of hydrogen-bond acceptors (Lipinski definition) is 6. The average Bonchev–Trinajstić information content (AvgIpc) is 3.36. The standard InChI is InChI=1S/C27H25N3O5S/c1-32-23-12-18-11-19(26(31)29-21(18)13-24(23)33-2)15-30(27(36)28-20-6-4-3-5-7-20)14-17-8-9-22-25(10-17)35-16-34-22/h3-13H,14-16H2,1-2H3,(H,28,36)(H,29,31). The third-order valence-corrected chi connectivity index (χ3v) is 6.27. The summed E-state index contributed by atoms with van der Waals surface area (Å²) in [6, 6.07) is 20.9. The highest BCUT2D eigenvalue weighted by Crippen LogP contribution is 2.33. The molecule has 0 unspecified atom stereocenters. The van der Waals surface area contributed by atoms with Crippen LogP contribution in [-0.2, 0) is 13.1 Å². The van der Waals surface area contributed by atoms with Gasteiger partial charge in [-0.25, -0.2) is 0 Å². The molecule has 2 N–H and O–H groups in total. The highest BCUT2D eigenvalue weighted by Gasteiger charge is 2.18. The molecule has 9 heteroatoms. The number of rotatable bonds is 7. The van der Waals surface area contributed by atoms with Gasteiger partial charge in [-0.15, -0.1) is 0 Å². The van der Waals surface area contributed by atoms with Crippen LogP contribution in [0.4, 0.5) is 5.69 Å². The summed E-state index contributed by atoms with van der Waals surface area (Å²) in [6.07, 6.45) is 0. The summed E-state index contributed by atoms with van der Waals surface area (Å²) in [7, 11) is 3.14. The zero-order valence-electron chi connectivity index (χ0n) is 19.9. The number of aromatic amines is 1. The Labute approximate surface area is 213 Å². The Hall–Kier alpha value is -4.24. The van der Waals surface area contributed by atoms with Gasteiger partial charge < -0.3 is 34.1 Å². The topological polar surface area (TPSA) is 85.0 Å². The third kappa shape index (κ3) is 4.92. The van der Waals surface area contributed by atoms with E-state index in [1.165, 1.54) is 0 Å². The monoisotopic (exact) mass is 503 g/mol. The van der Waals surface area contributed by atoms with Crippen LogP contribution in [0.2, 0.25) is 0 Å². The summed E-state index contributed by atoms with van der Waals surface area (Å²) in [5, 5.41) is 4.59. The number of hydrogen-bond donors (Lipinski definition) is 2. The van der Waals surface area contributed by atoms with Gasteiger partial charge in [-0.2, -0.15) is 0 Å². The van der Waals surface area contributed by atoms with Crippen LogP contribution in [0.1, 0.15) is 11.1 Å². The number of ether oxygens (including phenoxy) is 4. The van der Waals surface area contributed by atoms with E-state index in [9.17, 15) is 4.79 Å². The maximum Gasteiger partial charge on any atom is 0.253 e. The van der Waals surface area contributed by atoms with Crippen molar-refractivity contribution in [3.05, 3.63) is 88.2 Å². The first-order chi connectivity index (χ1) is 17.5. The SMILES string of the molecule is COc1cc2cc(CN(Cc3ccc4c(c3)OCO4)C(=S)Nc3ccccc3)c(=O)[nH]c2cc1OC. The van der Waals surface area contributed by atoms with Crippen LogP contribution in [0, 0.1) is 0 Å². The molecule has 36 heavy (non-hydrogen) atoms. The summed E-state index contributed by atoms with van der Waals surface area (Å²) in [4.78, 5) is 18.0. The van der Waals surface area contributed by atoms with Crippen LogP contribution < -0.4 is 29.8 Å². The van der Waals surface area contributed by atoms with Crippen molar-refractivity contribution in [1.82, 2.24) is 9.88 Å². The molecule has 3 aromatic carbocycles. The Balaban J connectivity index is 1.48. The van der Waals surface area contributed by atoms with Crippen molar-refractivity contribution < 1.29 is 18.9 Å². The minimum Gasteiger partial charge on any atom is -0.493 e. The van der Waals surface area contributed by atoms with Crippen LogP contribution in [0.25, 0.3) is 10.9 Å². The molecule has 0 radical (unpaired) electrons. The molecule has 0 atom stereocenters. The van der Waals surface area contributed by atoms with Gasteiger partial charge in [-0.3, -0.25) is 4.79 Å². The fraction of sp³-hybridized carbons (Fsp3) is 0.185. The number of methoxy groups -OCH3 is 2. The number of aromatic nitrogens is 1. The number of H-pyrrole nitrogens is 1. The quantitative estimate of drug-likeness (QED) is 0.352. The predicted octanol–water partition coefficient (Wildman–Crippen LogP) is 4.67. The largest absolute Gasteiger partial charge is 0.493 e. The van der Waals surface area contributed by atoms with E-state index in [-0.39, 0.29) is 18.9 Å². The number of nitrogens with zero attached hydrogens (tertiary/aromatic N) is 1. The number of nitrogens with one attached hydrogen (secondary N) is 2. The van der Waals surface area contributed by atoms with E-state index in [4.69, 9.17) is 31.2 Å². The molecule has 184 valence electrons. The Morgan fingerprint density at radius 1 is 0.972 bits per heavy atom. The van der Waals surface area contributed by atoms with Crippen LogP contribution in [0.15, 0.2) is 71.5 Å². The summed E-state index contributed by atoms with van der Waals surface area (Å²) in [5.41, 5.74) is 2.86. The molecule has 1 aliphatic rings. The van der Waals surface area contributed by atoms with Crippen molar-refractivity contribution >= 4 is 33.9 Å². The molecule has 0 saturated carbocycles. The Kier molecular flexibility index (Phi) is 6.64. The maximum absolute atomic E-state index is 13.1. The number of fused-ring (bicyclic) bond motifs is 2. The van der Waals surface area contributed by atoms with Crippen molar-refractivity contribution in [1.29, 1.82) is 0 Å². The molecule has 0 spiro atoms. The minimum atomic E-state index is -0.201. The van der Waals surface area contributed by atoms with Crippen LogP contribution in [0.3, 0.4) is 0 Å². The van der Waals surface area contributed by atoms with Crippen LogP contribution >= 0.6 is 12.2 Å². The highest BCUT2D eigenvalue weighted by molar-refractivity contribution is 7.80. The smallest absolute Gasteiger partial charge is 0.253 e. The molecule has 5 rings (SSSR count). The van der Waals surface area contributed by atoms with Crippen molar-refractivity contribution in [2.24, 2.45) is 0 Å². The van der Waals surface area contributed by atoms with E-state index in [0.29, 0.717) is 45.7 Å². The predicted molar refractivity (Wildman–Crippen MR) is 142 cm³/mol. The zero-order valence-corrected chi connectivity index (χ0v) is 20.7. The van der Waals surface area contributed by atoms with Crippen molar-refractivity contribution in [2.75, 3.05) is 26.3 Å². The van der Waals surface area contributed by atoms with Gasteiger partial charge in [0.05, 0.1) is 26.3 Å². The molecule has 2 heterocycles. The van der Waals surface area contributed by atoms with Crippen molar-refractivity contribution in [2.45, 2.75) is 13.1 Å². The summed E-state index contributed by atoms with van der Waals surface area (Å²) in [6.45, 7) is 0.947. The fourth-order valence-electron chi connectivity index (χ4n) is 4.08. The summed E-state index contributed by atoms with van der Waals surface area (Å²) in [5.74, 6) is 2.54. The molecule has 1 aliphatic heterocycles. The molecule has 0 aliphatic carbocycles. The molecule has 1 aromatic heterocycles. The third-order valence-electron chi connectivity index (χ3n) is 5.91. The van der Waals surface area contributed by atoms with E-state index in [1.807, 2.05) is 65.6 Å². The van der Waals surface area contributed by atoms with E-state index >= 15 is 0 Å². The van der Waals surface area contributed by atoms with E-state index in [0.717, 1.165) is 16.6 Å². The number of thiocarbonyl (C=S) groups is 1. The van der Waals surface area contributed by atoms with Crippen LogP contribution in [-0.4, -0.2) is 36.0 Å². The molecule has 0 fully saturated rings. The van der Waals surface area contributed by atoms with Crippen LogP contribution in [0.5, 0.6) is 23.0 Å². The van der Waals surface area contributed by atoms with Crippen molar-refractivity contribution in [3.8, 4) is 23.0 Å². The first-order valence-electron chi connectivity index (χ1n) is 11.3. The van der Waals surface area contributed by atoms with Gasteiger partial charge in [-0.1, -0.05) is 24.3 Å². The van der Waals surface area contributed by atoms with E-state index in [1.54, 1.807) is 20.3 Å². The number of pyridine rings is 1. The molecule has 4 aromatic rings. The lowest BCUT2D eigenvalue weighted by molar-refractivity contribution is 0.174. The number of benzene rings is 3. The molecule has 0 amide bonds. The second kappa shape index (κ2) is 10.2. The lowest BCUT2D eigenvalue weighted by atomic mass is 10.1. The van der Waals surface area contributed by atoms with Gasteiger partial charge in [0.25, 0.3) is 5.56 Å². The fourth-order valence-corrected chi connectivity index (χ4v) is 4.33. The molecular formula is C27H25N3O5S. The molecule has 8 nitrogen and oxygen atoms in total. The average molecular weight is 504 g/mol. The Bertz CT molecular complexity index is 1470. The summed E-state index contributed by atoms with van der Waals surface area (Å²) >= 11 is 5.78. The van der Waals surface area contributed by atoms with Gasteiger partial charge >= 0.3 is 0 Å². The second-order valence-electron chi connectivity index (χ2n) is 8.26.